The van der Waals surface area contributed by atoms with Crippen molar-refractivity contribution in [3.05, 3.63) is 75.3 Å². The van der Waals surface area contributed by atoms with Gasteiger partial charge >= 0.3 is 0 Å². The van der Waals surface area contributed by atoms with Gasteiger partial charge in [0.1, 0.15) is 0 Å². The van der Waals surface area contributed by atoms with E-state index in [4.69, 9.17) is 0 Å². The molecule has 0 aliphatic carbocycles. The first-order valence-electron chi connectivity index (χ1n) is 7.58. The molecule has 124 valence electrons. The van der Waals surface area contributed by atoms with Gasteiger partial charge in [-0.1, -0.05) is 50.2 Å². The summed E-state index contributed by atoms with van der Waals surface area (Å²) < 4.78 is 0. The van der Waals surface area contributed by atoms with Crippen LogP contribution < -0.4 is 5.43 Å². The van der Waals surface area contributed by atoms with Gasteiger partial charge in [0.25, 0.3) is 11.6 Å². The summed E-state index contributed by atoms with van der Waals surface area (Å²) in [4.78, 5) is 22.7. The molecule has 0 aromatic heterocycles. The zero-order chi connectivity index (χ0) is 17.7. The summed E-state index contributed by atoms with van der Waals surface area (Å²) in [7, 11) is 0. The number of amides is 1. The van der Waals surface area contributed by atoms with Crippen LogP contribution in [0.5, 0.6) is 0 Å². The number of carbonyl (C=O) groups excluding carboxylic acids is 1. The van der Waals surface area contributed by atoms with E-state index in [1.807, 2.05) is 44.2 Å². The number of carbonyl (C=O) groups is 1. The minimum absolute atomic E-state index is 0.0845. The van der Waals surface area contributed by atoms with Crippen molar-refractivity contribution in [3.8, 4) is 0 Å². The molecule has 0 fully saturated rings. The fraction of sp³-hybridized carbons (Fsp3) is 0.222. The van der Waals surface area contributed by atoms with Gasteiger partial charge in [0, 0.05) is 17.2 Å². The Morgan fingerprint density at radius 3 is 2.38 bits per heavy atom. The van der Waals surface area contributed by atoms with Crippen molar-refractivity contribution in [2.24, 2.45) is 11.0 Å². The molecule has 0 atom stereocenters. The quantitative estimate of drug-likeness (QED) is 0.517. The van der Waals surface area contributed by atoms with Crippen LogP contribution in [0.2, 0.25) is 0 Å². The molecular formula is C18H19N3O3. The molecule has 0 saturated heterocycles. The van der Waals surface area contributed by atoms with E-state index in [0.29, 0.717) is 5.56 Å². The summed E-state index contributed by atoms with van der Waals surface area (Å²) in [6.45, 7) is 5.59. The third-order valence-electron chi connectivity index (χ3n) is 3.56. The first-order valence-corrected chi connectivity index (χ1v) is 7.58. The zero-order valence-corrected chi connectivity index (χ0v) is 13.8. The molecule has 0 unspecified atom stereocenters. The van der Waals surface area contributed by atoms with E-state index in [0.717, 1.165) is 11.3 Å². The number of benzene rings is 2. The average Bonchev–Trinajstić information content (AvgIpc) is 2.55. The maximum Gasteiger partial charge on any atom is 0.273 e. The van der Waals surface area contributed by atoms with Crippen LogP contribution in [-0.2, 0) is 0 Å². The van der Waals surface area contributed by atoms with Crippen LogP contribution in [0, 0.1) is 23.0 Å². The van der Waals surface area contributed by atoms with Crippen molar-refractivity contribution in [3.63, 3.8) is 0 Å². The average molecular weight is 325 g/mol. The van der Waals surface area contributed by atoms with Gasteiger partial charge in [0.2, 0.25) is 0 Å². The predicted molar refractivity (Wildman–Crippen MR) is 93.1 cm³/mol. The Kier molecular flexibility index (Phi) is 5.42. The minimum Gasteiger partial charge on any atom is -0.267 e. The van der Waals surface area contributed by atoms with Gasteiger partial charge in [0.05, 0.1) is 10.6 Å². The Hall–Kier alpha value is -3.02. The highest BCUT2D eigenvalue weighted by Crippen LogP contribution is 2.19. The zero-order valence-electron chi connectivity index (χ0n) is 13.8. The number of aryl methyl sites for hydroxylation is 1. The van der Waals surface area contributed by atoms with E-state index in [1.165, 1.54) is 6.07 Å². The SMILES string of the molecule is Cc1ccc(C(=O)NN=C(c2ccccc2)C(C)C)cc1[N+](=O)[O-]. The van der Waals surface area contributed by atoms with Crippen LogP contribution in [0.1, 0.15) is 35.3 Å². The number of nitro benzene ring substituents is 1. The largest absolute Gasteiger partial charge is 0.273 e. The van der Waals surface area contributed by atoms with Crippen molar-refractivity contribution in [1.29, 1.82) is 0 Å². The molecule has 24 heavy (non-hydrogen) atoms. The summed E-state index contributed by atoms with van der Waals surface area (Å²) in [6.07, 6.45) is 0. The highest BCUT2D eigenvalue weighted by molar-refractivity contribution is 6.03. The van der Waals surface area contributed by atoms with E-state index >= 15 is 0 Å². The second kappa shape index (κ2) is 7.50. The fourth-order valence-corrected chi connectivity index (χ4v) is 2.26. The summed E-state index contributed by atoms with van der Waals surface area (Å²) >= 11 is 0. The van der Waals surface area contributed by atoms with Crippen LogP contribution in [0.4, 0.5) is 5.69 Å². The van der Waals surface area contributed by atoms with E-state index in [-0.39, 0.29) is 17.2 Å². The first-order chi connectivity index (χ1) is 11.4. The second-order valence-electron chi connectivity index (χ2n) is 5.72. The Morgan fingerprint density at radius 2 is 1.79 bits per heavy atom. The molecule has 0 spiro atoms. The molecule has 0 heterocycles. The van der Waals surface area contributed by atoms with E-state index in [9.17, 15) is 14.9 Å². The molecule has 1 N–H and O–H groups in total. The normalized spacial score (nSPS) is 11.4. The van der Waals surface area contributed by atoms with Crippen molar-refractivity contribution in [2.75, 3.05) is 0 Å². The Labute approximate surface area is 140 Å². The monoisotopic (exact) mass is 325 g/mol. The second-order valence-corrected chi connectivity index (χ2v) is 5.72. The van der Waals surface area contributed by atoms with E-state index < -0.39 is 10.8 Å². The smallest absolute Gasteiger partial charge is 0.267 e. The van der Waals surface area contributed by atoms with Crippen molar-refractivity contribution >= 4 is 17.3 Å². The summed E-state index contributed by atoms with van der Waals surface area (Å²) in [5.41, 5.74) is 4.77. The molecule has 1 amide bonds. The van der Waals surface area contributed by atoms with E-state index in [2.05, 4.69) is 10.5 Å². The minimum atomic E-state index is -0.501. The fourth-order valence-electron chi connectivity index (χ4n) is 2.26. The lowest BCUT2D eigenvalue weighted by molar-refractivity contribution is -0.385. The lowest BCUT2D eigenvalue weighted by Crippen LogP contribution is -2.22. The van der Waals surface area contributed by atoms with Gasteiger partial charge in [-0.05, 0) is 24.5 Å². The van der Waals surface area contributed by atoms with Gasteiger partial charge in [-0.25, -0.2) is 5.43 Å². The molecule has 2 rings (SSSR count). The molecule has 6 nitrogen and oxygen atoms in total. The Balaban J connectivity index is 2.25. The van der Waals surface area contributed by atoms with Crippen LogP contribution in [0.25, 0.3) is 0 Å². The maximum atomic E-state index is 12.2. The molecule has 0 bridgehead atoms. The van der Waals surface area contributed by atoms with Gasteiger partial charge in [-0.3, -0.25) is 14.9 Å². The highest BCUT2D eigenvalue weighted by Gasteiger charge is 2.15. The van der Waals surface area contributed by atoms with Crippen molar-refractivity contribution in [2.45, 2.75) is 20.8 Å². The summed E-state index contributed by atoms with van der Waals surface area (Å²) in [5.74, 6) is -0.368. The van der Waals surface area contributed by atoms with Crippen LogP contribution in [-0.4, -0.2) is 16.5 Å². The molecule has 0 saturated carbocycles. The number of hydrazone groups is 1. The third kappa shape index (κ3) is 4.04. The third-order valence-corrected chi connectivity index (χ3v) is 3.56. The number of hydrogen-bond donors (Lipinski definition) is 1. The Bertz CT molecular complexity index is 783. The molecular weight excluding hydrogens is 306 g/mol. The van der Waals surface area contributed by atoms with Crippen LogP contribution >= 0.6 is 0 Å². The molecule has 2 aromatic carbocycles. The number of rotatable bonds is 5. The van der Waals surface area contributed by atoms with Gasteiger partial charge in [0.15, 0.2) is 0 Å². The predicted octanol–water partition coefficient (Wildman–Crippen LogP) is 3.69. The molecule has 0 aliphatic heterocycles. The maximum absolute atomic E-state index is 12.2. The standard InChI is InChI=1S/C18H19N3O3/c1-12(2)17(14-7-5-4-6-8-14)19-20-18(22)15-10-9-13(3)16(11-15)21(23)24/h4-12H,1-3H3,(H,20,22). The van der Waals surface area contributed by atoms with Crippen LogP contribution in [0.3, 0.4) is 0 Å². The van der Waals surface area contributed by atoms with Crippen molar-refractivity contribution in [1.82, 2.24) is 5.43 Å². The first kappa shape index (κ1) is 17.3. The number of hydrogen-bond acceptors (Lipinski definition) is 4. The van der Waals surface area contributed by atoms with Gasteiger partial charge in [-0.15, -0.1) is 0 Å². The lowest BCUT2D eigenvalue weighted by atomic mass is 10.0. The Morgan fingerprint density at radius 1 is 1.12 bits per heavy atom. The number of nitrogens with one attached hydrogen (secondary N) is 1. The van der Waals surface area contributed by atoms with Crippen LogP contribution in [0.15, 0.2) is 53.6 Å². The molecule has 6 heteroatoms. The molecule has 0 radical (unpaired) electrons. The topological polar surface area (TPSA) is 84.6 Å². The van der Waals surface area contributed by atoms with Gasteiger partial charge < -0.3 is 0 Å². The van der Waals surface area contributed by atoms with Crippen molar-refractivity contribution < 1.29 is 9.72 Å². The van der Waals surface area contributed by atoms with E-state index in [1.54, 1.807) is 19.1 Å². The highest BCUT2D eigenvalue weighted by atomic mass is 16.6. The summed E-state index contributed by atoms with van der Waals surface area (Å²) in [6, 6.07) is 13.9. The number of nitrogens with zero attached hydrogens (tertiary/aromatic N) is 2. The summed E-state index contributed by atoms with van der Waals surface area (Å²) in [5, 5.41) is 15.2. The molecule has 2 aromatic rings. The van der Waals surface area contributed by atoms with Gasteiger partial charge in [-0.2, -0.15) is 5.10 Å². The molecule has 0 aliphatic rings. The number of nitro groups is 1. The lowest BCUT2D eigenvalue weighted by Gasteiger charge is -2.10.